The molecule has 0 aliphatic heterocycles. The molecule has 0 radical (unpaired) electrons. The van der Waals surface area contributed by atoms with Crippen LogP contribution in [0.4, 0.5) is 0 Å². The molecular formula is C47H33N3. The third-order valence-electron chi connectivity index (χ3n) is 10.6. The molecule has 3 nitrogen and oxygen atoms in total. The van der Waals surface area contributed by atoms with Crippen molar-refractivity contribution in [2.24, 2.45) is 0 Å². The van der Waals surface area contributed by atoms with E-state index in [-0.39, 0.29) is 5.41 Å². The van der Waals surface area contributed by atoms with Gasteiger partial charge in [-0.3, -0.25) is 4.57 Å². The number of benzene rings is 7. The molecule has 0 amide bonds. The highest BCUT2D eigenvalue weighted by atomic mass is 15.2. The van der Waals surface area contributed by atoms with Crippen molar-refractivity contribution in [3.63, 3.8) is 0 Å². The number of hydrogen-bond acceptors (Lipinski definition) is 2. The lowest BCUT2D eigenvalue weighted by atomic mass is 9.78. The van der Waals surface area contributed by atoms with E-state index in [1.165, 1.54) is 54.9 Å². The molecule has 7 aromatic carbocycles. The lowest BCUT2D eigenvalue weighted by molar-refractivity contribution is 0.662. The molecule has 0 bridgehead atoms. The van der Waals surface area contributed by atoms with E-state index in [0.29, 0.717) is 5.95 Å². The van der Waals surface area contributed by atoms with Crippen molar-refractivity contribution < 1.29 is 0 Å². The second-order valence-corrected chi connectivity index (χ2v) is 13.8. The van der Waals surface area contributed by atoms with Crippen LogP contribution in [-0.2, 0) is 5.41 Å². The molecule has 0 saturated heterocycles. The summed E-state index contributed by atoms with van der Waals surface area (Å²) in [5, 5.41) is 4.73. The highest BCUT2D eigenvalue weighted by Gasteiger charge is 2.37. The SMILES string of the molecule is CC1(C)c2ccccc2-c2cccc(-c3cccc4c5ccc6ccccc6c5n(-c5nc(-c6ccccc6)cc(-c6ccccc6)n5)c34)c21. The molecule has 3 heteroatoms. The molecular weight excluding hydrogens is 607 g/mol. The first-order valence-electron chi connectivity index (χ1n) is 17.3. The maximum atomic E-state index is 5.40. The fraction of sp³-hybridized carbons (Fsp3) is 0.0638. The first-order chi connectivity index (χ1) is 24.6. The molecule has 1 aliphatic carbocycles. The minimum atomic E-state index is -0.168. The molecule has 2 aromatic heterocycles. The maximum Gasteiger partial charge on any atom is 0.235 e. The molecule has 0 spiro atoms. The second kappa shape index (κ2) is 10.8. The Kier molecular flexibility index (Phi) is 6.22. The van der Waals surface area contributed by atoms with Crippen molar-refractivity contribution in [2.75, 3.05) is 0 Å². The van der Waals surface area contributed by atoms with Crippen LogP contribution in [0, 0.1) is 0 Å². The van der Waals surface area contributed by atoms with Crippen LogP contribution in [-0.4, -0.2) is 14.5 Å². The minimum absolute atomic E-state index is 0.168. The van der Waals surface area contributed by atoms with E-state index in [9.17, 15) is 0 Å². The summed E-state index contributed by atoms with van der Waals surface area (Å²) in [6, 6.07) is 58.6. The smallest absolute Gasteiger partial charge is 0.235 e. The fourth-order valence-corrected chi connectivity index (χ4v) is 8.36. The largest absolute Gasteiger partial charge is 0.277 e. The van der Waals surface area contributed by atoms with Crippen molar-refractivity contribution in [3.8, 4) is 50.7 Å². The average molecular weight is 640 g/mol. The quantitative estimate of drug-likeness (QED) is 0.192. The van der Waals surface area contributed by atoms with E-state index in [4.69, 9.17) is 9.97 Å². The Morgan fingerprint density at radius 1 is 0.440 bits per heavy atom. The summed E-state index contributed by atoms with van der Waals surface area (Å²) in [6.45, 7) is 4.73. The topological polar surface area (TPSA) is 30.7 Å². The Bertz CT molecular complexity index is 2720. The molecule has 10 rings (SSSR count). The number of aromatic nitrogens is 3. The summed E-state index contributed by atoms with van der Waals surface area (Å²) in [7, 11) is 0. The minimum Gasteiger partial charge on any atom is -0.277 e. The van der Waals surface area contributed by atoms with Crippen molar-refractivity contribution in [3.05, 3.63) is 175 Å². The van der Waals surface area contributed by atoms with Gasteiger partial charge in [-0.15, -0.1) is 0 Å². The van der Waals surface area contributed by atoms with Gasteiger partial charge in [-0.05, 0) is 39.3 Å². The summed E-state index contributed by atoms with van der Waals surface area (Å²) in [4.78, 5) is 10.8. The van der Waals surface area contributed by atoms with Crippen molar-refractivity contribution in [2.45, 2.75) is 19.3 Å². The Labute approximate surface area is 291 Å². The van der Waals surface area contributed by atoms with Gasteiger partial charge in [0.15, 0.2) is 0 Å². The fourth-order valence-electron chi connectivity index (χ4n) is 8.36. The molecule has 2 heterocycles. The van der Waals surface area contributed by atoms with Crippen molar-refractivity contribution in [1.29, 1.82) is 0 Å². The standard InChI is InChI=1S/C47H33N3/c1-47(2)40-26-12-11-21-34(40)35-22-13-23-36(43(35)47)37-24-14-25-38-39-28-27-30-15-9-10-20-33(30)44(39)50(45(37)38)46-48-41(31-16-5-3-6-17-31)29-42(49-46)32-18-7-4-8-19-32/h3-29H,1-2H3. The van der Waals surface area contributed by atoms with E-state index in [1.807, 2.05) is 12.1 Å². The Morgan fingerprint density at radius 2 is 0.980 bits per heavy atom. The molecule has 236 valence electrons. The average Bonchev–Trinajstić information content (AvgIpc) is 3.65. The first-order valence-corrected chi connectivity index (χ1v) is 17.3. The second-order valence-electron chi connectivity index (χ2n) is 13.8. The van der Waals surface area contributed by atoms with E-state index in [1.54, 1.807) is 0 Å². The summed E-state index contributed by atoms with van der Waals surface area (Å²) < 4.78 is 2.34. The van der Waals surface area contributed by atoms with Gasteiger partial charge in [-0.2, -0.15) is 0 Å². The highest BCUT2D eigenvalue weighted by molar-refractivity contribution is 6.21. The zero-order valence-corrected chi connectivity index (χ0v) is 27.9. The van der Waals surface area contributed by atoms with Gasteiger partial charge in [-0.25, -0.2) is 9.97 Å². The first kappa shape index (κ1) is 28.7. The van der Waals surface area contributed by atoms with E-state index < -0.39 is 0 Å². The van der Waals surface area contributed by atoms with Gasteiger partial charge >= 0.3 is 0 Å². The van der Waals surface area contributed by atoms with Crippen LogP contribution < -0.4 is 0 Å². The summed E-state index contributed by atoms with van der Waals surface area (Å²) in [5.74, 6) is 0.657. The predicted octanol–water partition coefficient (Wildman–Crippen LogP) is 12.0. The van der Waals surface area contributed by atoms with E-state index >= 15 is 0 Å². The lowest BCUT2D eigenvalue weighted by Crippen LogP contribution is -2.16. The molecule has 9 aromatic rings. The molecule has 0 unspecified atom stereocenters. The van der Waals surface area contributed by atoms with Crippen LogP contribution in [0.3, 0.4) is 0 Å². The van der Waals surface area contributed by atoms with Crippen LogP contribution in [0.1, 0.15) is 25.0 Å². The number of rotatable bonds is 4. The summed E-state index contributed by atoms with van der Waals surface area (Å²) >= 11 is 0. The van der Waals surface area contributed by atoms with Gasteiger partial charge in [0.05, 0.1) is 22.4 Å². The van der Waals surface area contributed by atoms with Gasteiger partial charge in [-0.1, -0.05) is 172 Å². The van der Waals surface area contributed by atoms with Gasteiger partial charge < -0.3 is 0 Å². The van der Waals surface area contributed by atoms with Crippen molar-refractivity contribution >= 4 is 32.6 Å². The summed E-state index contributed by atoms with van der Waals surface area (Å²) in [5.41, 5.74) is 13.7. The van der Waals surface area contributed by atoms with E-state index in [2.05, 4.69) is 170 Å². The Balaban J connectivity index is 1.36. The van der Waals surface area contributed by atoms with Gasteiger partial charge in [0, 0.05) is 38.3 Å². The van der Waals surface area contributed by atoms with Crippen molar-refractivity contribution in [1.82, 2.24) is 14.5 Å². The molecule has 50 heavy (non-hydrogen) atoms. The third-order valence-corrected chi connectivity index (χ3v) is 10.6. The maximum absolute atomic E-state index is 5.40. The predicted molar refractivity (Wildman–Crippen MR) is 208 cm³/mol. The Morgan fingerprint density at radius 3 is 1.72 bits per heavy atom. The zero-order chi connectivity index (χ0) is 33.4. The number of nitrogens with zero attached hydrogens (tertiary/aromatic N) is 3. The number of fused-ring (bicyclic) bond motifs is 8. The Hall–Kier alpha value is -6.32. The third kappa shape index (κ3) is 4.17. The van der Waals surface area contributed by atoms with Crippen LogP contribution >= 0.6 is 0 Å². The normalized spacial score (nSPS) is 13.2. The van der Waals surface area contributed by atoms with Crippen LogP contribution in [0.2, 0.25) is 0 Å². The van der Waals surface area contributed by atoms with Crippen LogP contribution in [0.25, 0.3) is 83.3 Å². The molecule has 1 aliphatic rings. The monoisotopic (exact) mass is 639 g/mol. The van der Waals surface area contributed by atoms with Crippen LogP contribution in [0.15, 0.2) is 164 Å². The van der Waals surface area contributed by atoms with Gasteiger partial charge in [0.2, 0.25) is 5.95 Å². The summed E-state index contributed by atoms with van der Waals surface area (Å²) in [6.07, 6.45) is 0. The lowest BCUT2D eigenvalue weighted by Gasteiger charge is -2.25. The molecule has 0 fully saturated rings. The van der Waals surface area contributed by atoms with Gasteiger partial charge in [0.1, 0.15) is 0 Å². The molecule has 0 atom stereocenters. The zero-order valence-electron chi connectivity index (χ0n) is 27.9. The molecule has 0 N–H and O–H groups in total. The molecule has 0 saturated carbocycles. The number of hydrogen-bond donors (Lipinski definition) is 0. The number of para-hydroxylation sites is 1. The van der Waals surface area contributed by atoms with E-state index in [0.717, 1.165) is 33.5 Å². The van der Waals surface area contributed by atoms with Crippen LogP contribution in [0.5, 0.6) is 0 Å². The van der Waals surface area contributed by atoms with Gasteiger partial charge in [0.25, 0.3) is 0 Å². The highest BCUT2D eigenvalue weighted by Crippen LogP contribution is 2.53.